The molecule has 1 rings (SSSR count). The van der Waals surface area contributed by atoms with Crippen LogP contribution >= 0.6 is 0 Å². The summed E-state index contributed by atoms with van der Waals surface area (Å²) in [6.45, 7) is 15.1. The van der Waals surface area contributed by atoms with Crippen molar-refractivity contribution in [1.82, 2.24) is 0 Å². The monoisotopic (exact) mass is 270 g/mol. The van der Waals surface area contributed by atoms with Crippen molar-refractivity contribution in [3.05, 3.63) is 59.8 Å². The molecule has 0 saturated carbocycles. The van der Waals surface area contributed by atoms with E-state index in [0.717, 1.165) is 0 Å². The highest BCUT2D eigenvalue weighted by Gasteiger charge is 2.26. The van der Waals surface area contributed by atoms with Gasteiger partial charge in [0.2, 0.25) is 0 Å². The van der Waals surface area contributed by atoms with E-state index in [9.17, 15) is 0 Å². The van der Waals surface area contributed by atoms with Gasteiger partial charge in [-0.05, 0) is 50.0 Å². The average molecular weight is 270 g/mol. The minimum Gasteiger partial charge on any atom is -0.102 e. The molecule has 0 aromatic heterocycles. The van der Waals surface area contributed by atoms with E-state index in [-0.39, 0.29) is 0 Å². The van der Waals surface area contributed by atoms with Crippen molar-refractivity contribution >= 4 is 0 Å². The van der Waals surface area contributed by atoms with Crippen LogP contribution in [0.5, 0.6) is 0 Å². The van der Waals surface area contributed by atoms with Gasteiger partial charge in [-0.15, -0.1) is 6.58 Å². The first-order chi connectivity index (χ1) is 9.36. The molecule has 0 aliphatic heterocycles. The number of rotatable bonds is 5. The van der Waals surface area contributed by atoms with Gasteiger partial charge in [0.1, 0.15) is 0 Å². The van der Waals surface area contributed by atoms with E-state index in [1.165, 1.54) is 30.4 Å². The highest BCUT2D eigenvalue weighted by Crippen LogP contribution is 2.40. The largest absolute Gasteiger partial charge is 0.102 e. The van der Waals surface area contributed by atoms with Gasteiger partial charge in [0.15, 0.2) is 0 Å². The van der Waals surface area contributed by atoms with E-state index in [2.05, 4.69) is 71.6 Å². The third-order valence-electron chi connectivity index (χ3n) is 4.20. The predicted octanol–water partition coefficient (Wildman–Crippen LogP) is 6.39. The first-order valence-corrected chi connectivity index (χ1v) is 7.73. The third-order valence-corrected chi connectivity index (χ3v) is 4.20. The SMILES string of the molecule is C=CC(C)\C=C/C=C(C)/C=C/C1=C(C)CCCC1(C)C. The van der Waals surface area contributed by atoms with E-state index >= 15 is 0 Å². The Morgan fingerprint density at radius 2 is 2.05 bits per heavy atom. The molecule has 1 unspecified atom stereocenters. The Morgan fingerprint density at radius 1 is 1.35 bits per heavy atom. The van der Waals surface area contributed by atoms with Crippen LogP contribution in [0.3, 0.4) is 0 Å². The van der Waals surface area contributed by atoms with Crippen molar-refractivity contribution in [2.75, 3.05) is 0 Å². The quantitative estimate of drug-likeness (QED) is 0.401. The summed E-state index contributed by atoms with van der Waals surface area (Å²) in [6.07, 6.45) is 16.9. The van der Waals surface area contributed by atoms with Crippen LogP contribution in [0.1, 0.15) is 53.9 Å². The summed E-state index contributed by atoms with van der Waals surface area (Å²) in [4.78, 5) is 0. The molecule has 0 fully saturated rings. The van der Waals surface area contributed by atoms with Crippen LogP contribution in [0.15, 0.2) is 59.8 Å². The lowest BCUT2D eigenvalue weighted by molar-refractivity contribution is 0.377. The van der Waals surface area contributed by atoms with Crippen molar-refractivity contribution in [1.29, 1.82) is 0 Å². The molecule has 0 saturated heterocycles. The maximum Gasteiger partial charge on any atom is -0.00814 e. The molecule has 0 bridgehead atoms. The van der Waals surface area contributed by atoms with Crippen LogP contribution in [-0.4, -0.2) is 0 Å². The van der Waals surface area contributed by atoms with Gasteiger partial charge < -0.3 is 0 Å². The van der Waals surface area contributed by atoms with Gasteiger partial charge in [0.05, 0.1) is 0 Å². The second-order valence-electron chi connectivity index (χ2n) is 6.66. The summed E-state index contributed by atoms with van der Waals surface area (Å²) >= 11 is 0. The molecule has 1 atom stereocenters. The minimum atomic E-state index is 0.326. The average Bonchev–Trinajstić information content (AvgIpc) is 2.37. The molecule has 0 heteroatoms. The second-order valence-corrected chi connectivity index (χ2v) is 6.66. The van der Waals surface area contributed by atoms with E-state index in [1.54, 1.807) is 5.57 Å². The fraction of sp³-hybridized carbons (Fsp3) is 0.500. The highest BCUT2D eigenvalue weighted by molar-refractivity contribution is 5.36. The van der Waals surface area contributed by atoms with Crippen molar-refractivity contribution < 1.29 is 0 Å². The smallest absolute Gasteiger partial charge is 0.00814 e. The Morgan fingerprint density at radius 3 is 2.65 bits per heavy atom. The minimum absolute atomic E-state index is 0.326. The van der Waals surface area contributed by atoms with Crippen molar-refractivity contribution in [3.63, 3.8) is 0 Å². The molecule has 0 spiro atoms. The van der Waals surface area contributed by atoms with E-state index in [1.807, 2.05) is 6.08 Å². The zero-order chi connectivity index (χ0) is 15.2. The fourth-order valence-electron chi connectivity index (χ4n) is 2.74. The molecular formula is C20H30. The predicted molar refractivity (Wildman–Crippen MR) is 91.7 cm³/mol. The molecule has 0 nitrogen and oxygen atoms in total. The van der Waals surface area contributed by atoms with Crippen LogP contribution in [0.25, 0.3) is 0 Å². The third kappa shape index (κ3) is 5.00. The van der Waals surface area contributed by atoms with Crippen molar-refractivity contribution in [3.8, 4) is 0 Å². The summed E-state index contributed by atoms with van der Waals surface area (Å²) in [7, 11) is 0. The van der Waals surface area contributed by atoms with Gasteiger partial charge in [0.25, 0.3) is 0 Å². The zero-order valence-electron chi connectivity index (χ0n) is 13.9. The number of hydrogen-bond acceptors (Lipinski definition) is 0. The summed E-state index contributed by atoms with van der Waals surface area (Å²) in [5, 5.41) is 0. The molecule has 0 amide bonds. The molecule has 0 radical (unpaired) electrons. The van der Waals surface area contributed by atoms with Crippen LogP contribution in [0, 0.1) is 11.3 Å². The molecule has 0 aromatic rings. The van der Waals surface area contributed by atoms with E-state index in [0.29, 0.717) is 11.3 Å². The van der Waals surface area contributed by atoms with Crippen LogP contribution in [-0.2, 0) is 0 Å². The lowest BCUT2D eigenvalue weighted by Gasteiger charge is -2.32. The Balaban J connectivity index is 2.78. The van der Waals surface area contributed by atoms with Gasteiger partial charge in [-0.1, -0.05) is 68.4 Å². The van der Waals surface area contributed by atoms with Gasteiger partial charge in [-0.25, -0.2) is 0 Å². The van der Waals surface area contributed by atoms with Crippen LogP contribution < -0.4 is 0 Å². The normalized spacial score (nSPS) is 21.8. The molecule has 1 aliphatic carbocycles. The lowest BCUT2D eigenvalue weighted by Crippen LogP contribution is -2.19. The molecule has 110 valence electrons. The maximum absolute atomic E-state index is 3.79. The van der Waals surface area contributed by atoms with Crippen molar-refractivity contribution in [2.45, 2.75) is 53.9 Å². The van der Waals surface area contributed by atoms with E-state index in [4.69, 9.17) is 0 Å². The molecule has 20 heavy (non-hydrogen) atoms. The fourth-order valence-corrected chi connectivity index (χ4v) is 2.74. The summed E-state index contributed by atoms with van der Waals surface area (Å²) in [5.41, 5.74) is 4.70. The molecule has 0 N–H and O–H groups in total. The summed E-state index contributed by atoms with van der Waals surface area (Å²) < 4.78 is 0. The summed E-state index contributed by atoms with van der Waals surface area (Å²) in [6, 6.07) is 0. The van der Waals surface area contributed by atoms with Gasteiger partial charge in [-0.3, -0.25) is 0 Å². The van der Waals surface area contributed by atoms with Gasteiger partial charge in [-0.2, -0.15) is 0 Å². The van der Waals surface area contributed by atoms with Crippen LogP contribution in [0.4, 0.5) is 0 Å². The molecular weight excluding hydrogens is 240 g/mol. The maximum atomic E-state index is 3.79. The van der Waals surface area contributed by atoms with E-state index < -0.39 is 0 Å². The Labute approximate surface area is 125 Å². The highest BCUT2D eigenvalue weighted by atomic mass is 14.3. The standard InChI is InChI=1S/C20H30/c1-7-16(2)10-8-11-17(3)13-14-19-18(4)12-9-15-20(19,5)6/h7-8,10-11,13-14,16H,1,9,12,15H2,2-6H3/b10-8-,14-13+,17-11+. The summed E-state index contributed by atoms with van der Waals surface area (Å²) in [5.74, 6) is 0.435. The first kappa shape index (κ1) is 16.8. The first-order valence-electron chi connectivity index (χ1n) is 7.73. The van der Waals surface area contributed by atoms with Crippen molar-refractivity contribution in [2.24, 2.45) is 11.3 Å². The number of allylic oxidation sites excluding steroid dienone is 9. The van der Waals surface area contributed by atoms with Crippen LogP contribution in [0.2, 0.25) is 0 Å². The molecule has 0 aromatic carbocycles. The van der Waals surface area contributed by atoms with Gasteiger partial charge >= 0.3 is 0 Å². The Kier molecular flexibility index (Phi) is 6.26. The Bertz CT molecular complexity index is 452. The molecule has 1 aliphatic rings. The lowest BCUT2D eigenvalue weighted by atomic mass is 9.72. The Hall–Kier alpha value is -1.30. The molecule has 0 heterocycles. The second kappa shape index (κ2) is 7.47. The topological polar surface area (TPSA) is 0 Å². The zero-order valence-corrected chi connectivity index (χ0v) is 13.9. The van der Waals surface area contributed by atoms with Gasteiger partial charge in [0, 0.05) is 0 Å². The number of hydrogen-bond donors (Lipinski definition) is 0.